The Kier molecular flexibility index (Phi) is 5.93. The highest BCUT2D eigenvalue weighted by molar-refractivity contribution is 9.12. The number of fused-ring (bicyclic) bond motifs is 1. The number of imidazole rings is 1. The highest BCUT2D eigenvalue weighted by Gasteiger charge is 2.17. The van der Waals surface area contributed by atoms with Crippen molar-refractivity contribution in [1.82, 2.24) is 19.1 Å². The molecule has 0 aliphatic heterocycles. The number of H-pyrrole nitrogens is 1. The number of aryl methyl sites for hydroxylation is 1. The third kappa shape index (κ3) is 4.30. The molecule has 0 amide bonds. The Morgan fingerprint density at radius 1 is 1.32 bits per heavy atom. The van der Waals surface area contributed by atoms with E-state index in [0.717, 1.165) is 10.0 Å². The fourth-order valence-electron chi connectivity index (χ4n) is 2.76. The van der Waals surface area contributed by atoms with E-state index >= 15 is 0 Å². The molecule has 0 atom stereocenters. The fourth-order valence-corrected chi connectivity index (χ4v) is 3.13. The maximum atomic E-state index is 12.3. The molecule has 146 valence electrons. The predicted octanol–water partition coefficient (Wildman–Crippen LogP) is 2.91. The summed E-state index contributed by atoms with van der Waals surface area (Å²) in [7, 11) is 1.57. The van der Waals surface area contributed by atoms with Crippen LogP contribution in [0.5, 0.6) is 0 Å². The summed E-state index contributed by atoms with van der Waals surface area (Å²) in [5, 5.41) is 4.21. The van der Waals surface area contributed by atoms with Gasteiger partial charge in [-0.2, -0.15) is 10.1 Å². The van der Waals surface area contributed by atoms with Crippen molar-refractivity contribution in [2.75, 3.05) is 5.43 Å². The molecular formula is C19H21BrN6O2. The largest absolute Gasteiger partial charge is 0.329 e. The smallest absolute Gasteiger partial charge is 0.303 e. The summed E-state index contributed by atoms with van der Waals surface area (Å²) in [6, 6.07) is 9.83. The van der Waals surface area contributed by atoms with E-state index in [-0.39, 0.29) is 5.92 Å². The fraction of sp³-hybridized carbons (Fsp3) is 0.263. The van der Waals surface area contributed by atoms with Crippen LogP contribution in [0.15, 0.2) is 49.5 Å². The monoisotopic (exact) mass is 444 g/mol. The van der Waals surface area contributed by atoms with Gasteiger partial charge >= 0.3 is 5.69 Å². The van der Waals surface area contributed by atoms with E-state index in [2.05, 4.69) is 36.4 Å². The van der Waals surface area contributed by atoms with Crippen molar-refractivity contribution in [2.45, 2.75) is 20.4 Å². The van der Waals surface area contributed by atoms with Crippen LogP contribution in [0.4, 0.5) is 5.95 Å². The van der Waals surface area contributed by atoms with Crippen molar-refractivity contribution in [3.05, 3.63) is 61.2 Å². The van der Waals surface area contributed by atoms with Crippen molar-refractivity contribution in [1.29, 1.82) is 0 Å². The lowest BCUT2D eigenvalue weighted by Gasteiger charge is -2.10. The van der Waals surface area contributed by atoms with Crippen molar-refractivity contribution >= 4 is 45.3 Å². The summed E-state index contributed by atoms with van der Waals surface area (Å²) in [5.41, 5.74) is 3.60. The van der Waals surface area contributed by atoms with Crippen LogP contribution in [-0.4, -0.2) is 25.3 Å². The van der Waals surface area contributed by atoms with Crippen molar-refractivity contribution in [3.8, 4) is 0 Å². The number of nitrogens with one attached hydrogen (secondary N) is 2. The van der Waals surface area contributed by atoms with E-state index in [1.165, 1.54) is 4.57 Å². The zero-order chi connectivity index (χ0) is 20.3. The zero-order valence-electron chi connectivity index (χ0n) is 15.8. The van der Waals surface area contributed by atoms with Gasteiger partial charge in [-0.1, -0.05) is 44.2 Å². The Morgan fingerprint density at radius 2 is 2.04 bits per heavy atom. The number of anilines is 1. The third-order valence-corrected chi connectivity index (χ3v) is 4.45. The van der Waals surface area contributed by atoms with Gasteiger partial charge < -0.3 is 4.57 Å². The highest BCUT2D eigenvalue weighted by Crippen LogP contribution is 2.17. The molecule has 0 spiro atoms. The summed E-state index contributed by atoms with van der Waals surface area (Å²) in [5.74, 6) is 0.662. The molecular weight excluding hydrogens is 424 g/mol. The Labute approximate surface area is 169 Å². The normalized spacial score (nSPS) is 12.4. The number of benzene rings is 1. The second kappa shape index (κ2) is 8.39. The first-order chi connectivity index (χ1) is 13.4. The molecule has 2 N–H and O–H groups in total. The topological polar surface area (TPSA) is 97.1 Å². The molecule has 9 heteroatoms. The molecule has 8 nitrogen and oxygen atoms in total. The molecule has 0 saturated carbocycles. The van der Waals surface area contributed by atoms with Gasteiger partial charge in [0.2, 0.25) is 5.95 Å². The summed E-state index contributed by atoms with van der Waals surface area (Å²) in [6.45, 7) is 4.62. The minimum atomic E-state index is -0.504. The standard InChI is InChI=1S/C19H21BrN6O2/c1-12(2)11-26-15-16(25(3)19(28)23-17(15)27)22-18(26)24-21-10-14(20)9-13-7-5-4-6-8-13/h4-10,12H,11H2,1-3H3,(H,22,24)(H,23,27,28). The first kappa shape index (κ1) is 19.8. The summed E-state index contributed by atoms with van der Waals surface area (Å²) >= 11 is 3.46. The number of halogens is 1. The maximum absolute atomic E-state index is 12.3. The van der Waals surface area contributed by atoms with E-state index in [9.17, 15) is 9.59 Å². The van der Waals surface area contributed by atoms with Gasteiger partial charge in [-0.05, 0) is 33.5 Å². The number of hydrogen-bond acceptors (Lipinski definition) is 5. The molecule has 0 fully saturated rings. The van der Waals surface area contributed by atoms with Gasteiger partial charge in [0.15, 0.2) is 11.2 Å². The van der Waals surface area contributed by atoms with Gasteiger partial charge in [-0.15, -0.1) is 0 Å². The van der Waals surface area contributed by atoms with Crippen LogP contribution in [0.25, 0.3) is 17.2 Å². The van der Waals surface area contributed by atoms with Gasteiger partial charge in [0.1, 0.15) is 0 Å². The molecule has 3 aromatic rings. The minimum Gasteiger partial charge on any atom is -0.303 e. The van der Waals surface area contributed by atoms with E-state index < -0.39 is 11.2 Å². The average Bonchev–Trinajstić information content (AvgIpc) is 2.99. The minimum absolute atomic E-state index is 0.267. The van der Waals surface area contributed by atoms with Gasteiger partial charge in [0, 0.05) is 18.1 Å². The first-order valence-electron chi connectivity index (χ1n) is 8.77. The predicted molar refractivity (Wildman–Crippen MR) is 116 cm³/mol. The van der Waals surface area contributed by atoms with Gasteiger partial charge in [-0.25, -0.2) is 10.2 Å². The molecule has 0 aliphatic carbocycles. The van der Waals surface area contributed by atoms with E-state index in [4.69, 9.17) is 0 Å². The van der Waals surface area contributed by atoms with E-state index in [1.807, 2.05) is 50.3 Å². The molecule has 28 heavy (non-hydrogen) atoms. The molecule has 0 unspecified atom stereocenters. The molecule has 3 rings (SSSR count). The number of nitrogens with zero attached hydrogens (tertiary/aromatic N) is 4. The van der Waals surface area contributed by atoms with Crippen LogP contribution in [0.1, 0.15) is 19.4 Å². The Balaban J connectivity index is 1.95. The van der Waals surface area contributed by atoms with E-state index in [1.54, 1.807) is 17.8 Å². The van der Waals surface area contributed by atoms with Gasteiger partial charge in [-0.3, -0.25) is 14.3 Å². The maximum Gasteiger partial charge on any atom is 0.329 e. The molecule has 0 aliphatic rings. The number of hydrogen-bond donors (Lipinski definition) is 2. The molecule has 0 bridgehead atoms. The lowest BCUT2D eigenvalue weighted by Crippen LogP contribution is -2.29. The molecule has 0 saturated heterocycles. The van der Waals surface area contributed by atoms with Crippen LogP contribution >= 0.6 is 15.9 Å². The van der Waals surface area contributed by atoms with Crippen LogP contribution in [0, 0.1) is 5.92 Å². The number of allylic oxidation sites excluding steroid dienone is 1. The van der Waals surface area contributed by atoms with Crippen LogP contribution in [0.2, 0.25) is 0 Å². The number of aromatic amines is 1. The second-order valence-electron chi connectivity index (χ2n) is 6.74. The number of rotatable bonds is 6. The van der Waals surface area contributed by atoms with Crippen LogP contribution in [0.3, 0.4) is 0 Å². The molecule has 2 heterocycles. The Morgan fingerprint density at radius 3 is 2.71 bits per heavy atom. The third-order valence-electron chi connectivity index (χ3n) is 4.01. The van der Waals surface area contributed by atoms with Crippen molar-refractivity contribution in [3.63, 3.8) is 0 Å². The molecule has 1 aromatic carbocycles. The first-order valence-corrected chi connectivity index (χ1v) is 9.57. The lowest BCUT2D eigenvalue weighted by atomic mass is 10.2. The average molecular weight is 445 g/mol. The van der Waals surface area contributed by atoms with Crippen molar-refractivity contribution in [2.24, 2.45) is 18.1 Å². The number of hydrazone groups is 1. The van der Waals surface area contributed by atoms with Gasteiger partial charge in [0.25, 0.3) is 5.56 Å². The lowest BCUT2D eigenvalue weighted by molar-refractivity contribution is 0.535. The van der Waals surface area contributed by atoms with E-state index in [0.29, 0.717) is 23.7 Å². The Bertz CT molecular complexity index is 1150. The molecule has 0 radical (unpaired) electrons. The summed E-state index contributed by atoms with van der Waals surface area (Å²) < 4.78 is 3.82. The summed E-state index contributed by atoms with van der Waals surface area (Å²) in [6.07, 6.45) is 3.53. The second-order valence-corrected chi connectivity index (χ2v) is 7.66. The summed E-state index contributed by atoms with van der Waals surface area (Å²) in [4.78, 5) is 30.9. The quantitative estimate of drug-likeness (QED) is 0.451. The molecule has 2 aromatic heterocycles. The number of aromatic nitrogens is 4. The SMILES string of the molecule is CC(C)Cn1c(NN=CC(Br)=Cc2ccccc2)nc2c1c(=O)[nH]c(=O)n2C. The van der Waals surface area contributed by atoms with Crippen LogP contribution < -0.4 is 16.7 Å². The Hall–Kier alpha value is -2.94. The zero-order valence-corrected chi connectivity index (χ0v) is 17.4. The highest BCUT2D eigenvalue weighted by atomic mass is 79.9. The van der Waals surface area contributed by atoms with Crippen LogP contribution in [-0.2, 0) is 13.6 Å². The van der Waals surface area contributed by atoms with Crippen molar-refractivity contribution < 1.29 is 0 Å². The van der Waals surface area contributed by atoms with Gasteiger partial charge in [0.05, 0.1) is 6.21 Å².